The van der Waals surface area contributed by atoms with Crippen molar-refractivity contribution < 1.29 is 9.59 Å². The minimum atomic E-state index is -0.0857. The molecule has 0 saturated carbocycles. The van der Waals surface area contributed by atoms with Crippen LogP contribution in [0.2, 0.25) is 0 Å². The zero-order chi connectivity index (χ0) is 14.0. The van der Waals surface area contributed by atoms with Crippen molar-refractivity contribution in [3.05, 3.63) is 24.3 Å². The van der Waals surface area contributed by atoms with E-state index in [2.05, 4.69) is 5.32 Å². The number of rotatable bonds is 3. The second kappa shape index (κ2) is 5.30. The van der Waals surface area contributed by atoms with Crippen molar-refractivity contribution in [3.8, 4) is 0 Å². The molecular formula is C14H19N3O2. The lowest BCUT2D eigenvalue weighted by Gasteiger charge is -2.37. The van der Waals surface area contributed by atoms with Gasteiger partial charge in [-0.3, -0.25) is 9.59 Å². The highest BCUT2D eigenvalue weighted by molar-refractivity contribution is 5.94. The van der Waals surface area contributed by atoms with Gasteiger partial charge in [-0.1, -0.05) is 0 Å². The molecule has 5 nitrogen and oxygen atoms in total. The standard InChI is InChI=1S/C14H19N3O2/c1-10(18)17-8-11(9-17)14(19)15-12-4-6-13(7-5-12)16(2)3/h4-7,11H,8-9H2,1-3H3,(H,15,19). The first kappa shape index (κ1) is 13.4. The van der Waals surface area contributed by atoms with Crippen LogP contribution in [0, 0.1) is 5.92 Å². The van der Waals surface area contributed by atoms with Crippen LogP contribution in [-0.4, -0.2) is 43.9 Å². The second-order valence-electron chi connectivity index (χ2n) is 5.05. The van der Waals surface area contributed by atoms with Crippen molar-refractivity contribution in [2.45, 2.75) is 6.92 Å². The van der Waals surface area contributed by atoms with Crippen LogP contribution >= 0.6 is 0 Å². The third-order valence-electron chi connectivity index (χ3n) is 3.35. The van der Waals surface area contributed by atoms with Gasteiger partial charge >= 0.3 is 0 Å². The fourth-order valence-corrected chi connectivity index (χ4v) is 1.99. The van der Waals surface area contributed by atoms with Gasteiger partial charge in [-0.25, -0.2) is 0 Å². The SMILES string of the molecule is CC(=O)N1CC(C(=O)Nc2ccc(N(C)C)cc2)C1. The molecule has 102 valence electrons. The first-order valence-electron chi connectivity index (χ1n) is 6.31. The van der Waals surface area contributed by atoms with E-state index in [4.69, 9.17) is 0 Å². The Balaban J connectivity index is 1.88. The molecule has 0 radical (unpaired) electrons. The summed E-state index contributed by atoms with van der Waals surface area (Å²) < 4.78 is 0. The van der Waals surface area contributed by atoms with Crippen LogP contribution in [0.3, 0.4) is 0 Å². The maximum Gasteiger partial charge on any atom is 0.231 e. The zero-order valence-corrected chi connectivity index (χ0v) is 11.5. The van der Waals surface area contributed by atoms with Crippen molar-refractivity contribution in [2.24, 2.45) is 5.92 Å². The van der Waals surface area contributed by atoms with Crippen LogP contribution in [0.1, 0.15) is 6.92 Å². The molecule has 5 heteroatoms. The van der Waals surface area contributed by atoms with Gasteiger partial charge in [-0.2, -0.15) is 0 Å². The van der Waals surface area contributed by atoms with Crippen LogP contribution in [0.15, 0.2) is 24.3 Å². The molecule has 0 aromatic heterocycles. The minimum absolute atomic E-state index is 0.0184. The lowest BCUT2D eigenvalue weighted by atomic mass is 9.99. The summed E-state index contributed by atoms with van der Waals surface area (Å²) >= 11 is 0. The van der Waals surface area contributed by atoms with Crippen molar-refractivity contribution in [3.63, 3.8) is 0 Å². The first-order valence-corrected chi connectivity index (χ1v) is 6.31. The molecule has 1 aliphatic heterocycles. The van der Waals surface area contributed by atoms with E-state index in [0.717, 1.165) is 11.4 Å². The highest BCUT2D eigenvalue weighted by Gasteiger charge is 2.33. The third kappa shape index (κ3) is 3.05. The molecule has 1 saturated heterocycles. The average Bonchev–Trinajstić information content (AvgIpc) is 2.26. The Morgan fingerprint density at radius 2 is 1.79 bits per heavy atom. The number of nitrogens with zero attached hydrogens (tertiary/aromatic N) is 2. The monoisotopic (exact) mass is 261 g/mol. The summed E-state index contributed by atoms with van der Waals surface area (Å²) in [6.07, 6.45) is 0. The Kier molecular flexibility index (Phi) is 3.74. The van der Waals surface area contributed by atoms with E-state index >= 15 is 0 Å². The Bertz CT molecular complexity index is 476. The average molecular weight is 261 g/mol. The van der Waals surface area contributed by atoms with Gasteiger partial charge in [0.25, 0.3) is 0 Å². The number of nitrogens with one attached hydrogen (secondary N) is 1. The highest BCUT2D eigenvalue weighted by Crippen LogP contribution is 2.20. The molecule has 0 unspecified atom stereocenters. The Morgan fingerprint density at radius 3 is 2.26 bits per heavy atom. The number of carbonyl (C=O) groups is 2. The van der Waals surface area contributed by atoms with Crippen molar-refractivity contribution >= 4 is 23.2 Å². The zero-order valence-electron chi connectivity index (χ0n) is 11.5. The quantitative estimate of drug-likeness (QED) is 0.888. The minimum Gasteiger partial charge on any atom is -0.378 e. The number of likely N-dealkylation sites (tertiary alicyclic amines) is 1. The molecule has 1 aromatic rings. The Hall–Kier alpha value is -2.04. The van der Waals surface area contributed by atoms with E-state index in [9.17, 15) is 9.59 Å². The Labute approximate surface area is 113 Å². The highest BCUT2D eigenvalue weighted by atomic mass is 16.2. The van der Waals surface area contributed by atoms with Gasteiger partial charge in [-0.05, 0) is 24.3 Å². The molecule has 0 aliphatic carbocycles. The maximum absolute atomic E-state index is 11.9. The van der Waals surface area contributed by atoms with Crippen LogP contribution in [-0.2, 0) is 9.59 Å². The van der Waals surface area contributed by atoms with Gasteiger partial charge in [0, 0.05) is 45.5 Å². The van der Waals surface area contributed by atoms with Crippen LogP contribution in [0.25, 0.3) is 0 Å². The van der Waals surface area contributed by atoms with E-state index in [1.807, 2.05) is 43.3 Å². The molecule has 1 N–H and O–H groups in total. The number of benzene rings is 1. The van der Waals surface area contributed by atoms with E-state index in [1.165, 1.54) is 6.92 Å². The lowest BCUT2D eigenvalue weighted by molar-refractivity contribution is -0.139. The summed E-state index contributed by atoms with van der Waals surface area (Å²) in [4.78, 5) is 26.6. The molecule has 1 heterocycles. The second-order valence-corrected chi connectivity index (χ2v) is 5.05. The molecule has 0 spiro atoms. The van der Waals surface area contributed by atoms with Gasteiger partial charge in [0.05, 0.1) is 5.92 Å². The summed E-state index contributed by atoms with van der Waals surface area (Å²) in [5, 5.41) is 2.87. The number of amides is 2. The summed E-state index contributed by atoms with van der Waals surface area (Å²) in [6, 6.07) is 7.68. The van der Waals surface area contributed by atoms with Crippen LogP contribution in [0.4, 0.5) is 11.4 Å². The number of anilines is 2. The number of hydrogen-bond acceptors (Lipinski definition) is 3. The summed E-state index contributed by atoms with van der Waals surface area (Å²) in [6.45, 7) is 2.57. The van der Waals surface area contributed by atoms with Crippen molar-refractivity contribution in [1.82, 2.24) is 4.90 Å². The van der Waals surface area contributed by atoms with Crippen molar-refractivity contribution in [2.75, 3.05) is 37.4 Å². The number of hydrogen-bond donors (Lipinski definition) is 1. The smallest absolute Gasteiger partial charge is 0.231 e. The van der Waals surface area contributed by atoms with Gasteiger partial charge in [0.15, 0.2) is 0 Å². The van der Waals surface area contributed by atoms with E-state index in [1.54, 1.807) is 4.90 Å². The fraction of sp³-hybridized carbons (Fsp3) is 0.429. The molecule has 0 atom stereocenters. The Morgan fingerprint density at radius 1 is 1.21 bits per heavy atom. The van der Waals surface area contributed by atoms with E-state index in [-0.39, 0.29) is 17.7 Å². The molecule has 1 fully saturated rings. The molecule has 0 bridgehead atoms. The molecule has 19 heavy (non-hydrogen) atoms. The topological polar surface area (TPSA) is 52.7 Å². The largest absolute Gasteiger partial charge is 0.378 e. The first-order chi connectivity index (χ1) is 8.97. The fourth-order valence-electron chi connectivity index (χ4n) is 1.99. The summed E-state index contributed by atoms with van der Waals surface area (Å²) in [7, 11) is 3.94. The maximum atomic E-state index is 11.9. The number of carbonyl (C=O) groups excluding carboxylic acids is 2. The normalized spacial score (nSPS) is 14.8. The predicted octanol–water partition coefficient (Wildman–Crippen LogP) is 1.17. The third-order valence-corrected chi connectivity index (χ3v) is 3.35. The van der Waals surface area contributed by atoms with Gasteiger partial charge < -0.3 is 15.1 Å². The summed E-state index contributed by atoms with van der Waals surface area (Å²) in [5.74, 6) is -0.0769. The van der Waals surface area contributed by atoms with Gasteiger partial charge in [-0.15, -0.1) is 0 Å². The molecule has 2 amide bonds. The van der Waals surface area contributed by atoms with Crippen LogP contribution < -0.4 is 10.2 Å². The van der Waals surface area contributed by atoms with Crippen molar-refractivity contribution in [1.29, 1.82) is 0 Å². The molecule has 2 rings (SSSR count). The van der Waals surface area contributed by atoms with E-state index in [0.29, 0.717) is 13.1 Å². The van der Waals surface area contributed by atoms with Gasteiger partial charge in [0.1, 0.15) is 0 Å². The van der Waals surface area contributed by atoms with Gasteiger partial charge in [0.2, 0.25) is 11.8 Å². The molecule has 1 aromatic carbocycles. The molecular weight excluding hydrogens is 242 g/mol. The summed E-state index contributed by atoms with van der Waals surface area (Å²) in [5.41, 5.74) is 1.88. The van der Waals surface area contributed by atoms with E-state index < -0.39 is 0 Å². The lowest BCUT2D eigenvalue weighted by Crippen LogP contribution is -2.53. The van der Waals surface area contributed by atoms with Crippen LogP contribution in [0.5, 0.6) is 0 Å². The molecule has 1 aliphatic rings. The predicted molar refractivity (Wildman–Crippen MR) is 75.1 cm³/mol.